The second kappa shape index (κ2) is 20.1. The number of aliphatic hydroxyl groups is 1. The minimum absolute atomic E-state index is 0.0449. The van der Waals surface area contributed by atoms with Crippen LogP contribution in [0.1, 0.15) is 85.5 Å². The van der Waals surface area contributed by atoms with Gasteiger partial charge in [0.2, 0.25) is 0 Å². The molecule has 0 aliphatic carbocycles. The summed E-state index contributed by atoms with van der Waals surface area (Å²) in [7, 11) is 0. The van der Waals surface area contributed by atoms with Gasteiger partial charge in [0.1, 0.15) is 0 Å². The molecule has 0 fully saturated rings. The fourth-order valence-corrected chi connectivity index (χ4v) is 5.72. The molecule has 1 N–H and O–H groups in total. The van der Waals surface area contributed by atoms with Crippen LogP contribution in [-0.4, -0.2) is 32.4 Å². The van der Waals surface area contributed by atoms with Crippen LogP contribution in [0.25, 0.3) is 0 Å². The topological polar surface area (TPSA) is 20.2 Å². The molecule has 0 bridgehead atoms. The van der Waals surface area contributed by atoms with E-state index in [-0.39, 0.29) is 27.2 Å². The second-order valence-electron chi connectivity index (χ2n) is 5.01. The van der Waals surface area contributed by atoms with E-state index in [0.29, 0.717) is 0 Å². The van der Waals surface area contributed by atoms with Crippen LogP contribution < -0.4 is 0 Å². The van der Waals surface area contributed by atoms with E-state index in [1.165, 1.54) is 44.9 Å². The zero-order chi connectivity index (χ0) is 14.1. The molecule has 18 heavy (non-hydrogen) atoms. The molecule has 2 radical (unpaired) electrons. The zero-order valence-electron chi connectivity index (χ0n) is 13.3. The first-order chi connectivity index (χ1) is 8.72. The van der Waals surface area contributed by atoms with Crippen molar-refractivity contribution in [1.29, 1.82) is 0 Å². The van der Waals surface area contributed by atoms with Crippen molar-refractivity contribution in [2.45, 2.75) is 100 Å². The van der Waals surface area contributed by atoms with Gasteiger partial charge in [-0.25, -0.2) is 0 Å². The summed E-state index contributed by atoms with van der Waals surface area (Å²) in [5.41, 5.74) is 0. The SMILES string of the molecule is CCCCCC(O)CC.CCC[CH2][Sn][CH2]CCC. The number of rotatable bonds is 11. The monoisotopic (exact) mass is 364 g/mol. The molecule has 0 aromatic rings. The predicted molar refractivity (Wildman–Crippen MR) is 85.6 cm³/mol. The van der Waals surface area contributed by atoms with Gasteiger partial charge in [-0.1, -0.05) is 33.1 Å². The number of unbranched alkanes of at least 4 members (excludes halogenated alkanes) is 4. The van der Waals surface area contributed by atoms with Crippen molar-refractivity contribution >= 4 is 21.1 Å². The van der Waals surface area contributed by atoms with Crippen LogP contribution in [0.3, 0.4) is 0 Å². The summed E-state index contributed by atoms with van der Waals surface area (Å²) in [6, 6.07) is 0. The van der Waals surface area contributed by atoms with Gasteiger partial charge in [0.05, 0.1) is 6.10 Å². The van der Waals surface area contributed by atoms with Gasteiger partial charge in [-0.2, -0.15) is 0 Å². The van der Waals surface area contributed by atoms with E-state index in [1.54, 1.807) is 8.87 Å². The van der Waals surface area contributed by atoms with Crippen molar-refractivity contribution in [1.82, 2.24) is 0 Å². The van der Waals surface area contributed by atoms with Crippen molar-refractivity contribution in [2.24, 2.45) is 0 Å². The van der Waals surface area contributed by atoms with Crippen LogP contribution >= 0.6 is 0 Å². The molecule has 0 saturated carbocycles. The third-order valence-electron chi connectivity index (χ3n) is 3.03. The van der Waals surface area contributed by atoms with Crippen molar-refractivity contribution in [3.05, 3.63) is 0 Å². The summed E-state index contributed by atoms with van der Waals surface area (Å²) in [6.45, 7) is 8.79. The molecule has 1 unspecified atom stereocenters. The Morgan fingerprint density at radius 1 is 0.778 bits per heavy atom. The molecule has 1 atom stereocenters. The Morgan fingerprint density at radius 3 is 1.67 bits per heavy atom. The van der Waals surface area contributed by atoms with Gasteiger partial charge in [0.15, 0.2) is 0 Å². The van der Waals surface area contributed by atoms with E-state index in [2.05, 4.69) is 20.8 Å². The molecule has 110 valence electrons. The van der Waals surface area contributed by atoms with Crippen LogP contribution in [0.5, 0.6) is 0 Å². The van der Waals surface area contributed by atoms with Gasteiger partial charge < -0.3 is 5.11 Å². The third kappa shape index (κ3) is 22.0. The molecule has 2 heteroatoms. The molecule has 1 nitrogen and oxygen atoms in total. The van der Waals surface area contributed by atoms with Crippen LogP contribution in [0.2, 0.25) is 8.87 Å². The first-order valence-electron chi connectivity index (χ1n) is 8.11. The molecule has 0 amide bonds. The van der Waals surface area contributed by atoms with Crippen molar-refractivity contribution in [3.8, 4) is 0 Å². The average Bonchev–Trinajstić information content (AvgIpc) is 2.39. The number of hydrogen-bond donors (Lipinski definition) is 1. The summed E-state index contributed by atoms with van der Waals surface area (Å²) in [4.78, 5) is 0. The molecular formula is C16H36OSn. The summed E-state index contributed by atoms with van der Waals surface area (Å²) < 4.78 is 3.25. The Balaban J connectivity index is 0. The van der Waals surface area contributed by atoms with Crippen LogP contribution in [-0.2, 0) is 0 Å². The molecule has 0 saturated heterocycles. The predicted octanol–water partition coefficient (Wildman–Crippen LogP) is 5.47. The Labute approximate surface area is 126 Å². The van der Waals surface area contributed by atoms with E-state index < -0.39 is 0 Å². The quantitative estimate of drug-likeness (QED) is 0.382. The maximum atomic E-state index is 9.08. The summed E-state index contributed by atoms with van der Waals surface area (Å²) in [5.74, 6) is 0. The van der Waals surface area contributed by atoms with Gasteiger partial charge in [-0.15, -0.1) is 0 Å². The third-order valence-corrected chi connectivity index (χ3v) is 7.06. The normalized spacial score (nSPS) is 11.8. The van der Waals surface area contributed by atoms with E-state index in [4.69, 9.17) is 5.11 Å². The molecule has 0 rings (SSSR count). The molecule has 0 aliphatic rings. The maximum absolute atomic E-state index is 9.08. The fraction of sp³-hybridized carbons (Fsp3) is 1.00. The average molecular weight is 363 g/mol. The fourth-order valence-electron chi connectivity index (χ4n) is 1.56. The van der Waals surface area contributed by atoms with Crippen LogP contribution in [0.4, 0.5) is 0 Å². The van der Waals surface area contributed by atoms with Crippen molar-refractivity contribution < 1.29 is 5.11 Å². The van der Waals surface area contributed by atoms with E-state index in [9.17, 15) is 0 Å². The minimum atomic E-state index is -0.0449. The van der Waals surface area contributed by atoms with Gasteiger partial charge in [0, 0.05) is 0 Å². The summed E-state index contributed by atoms with van der Waals surface area (Å²) in [6.07, 6.45) is 11.4. The van der Waals surface area contributed by atoms with E-state index in [0.717, 1.165) is 12.8 Å². The van der Waals surface area contributed by atoms with Gasteiger partial charge >= 0.3 is 69.5 Å². The van der Waals surface area contributed by atoms with Crippen molar-refractivity contribution in [2.75, 3.05) is 0 Å². The Hall–Kier alpha value is 0.759. The summed E-state index contributed by atoms with van der Waals surface area (Å²) >= 11 is 0.149. The Kier molecular flexibility index (Phi) is 23.5. The van der Waals surface area contributed by atoms with Crippen molar-refractivity contribution in [3.63, 3.8) is 0 Å². The summed E-state index contributed by atoms with van der Waals surface area (Å²) in [5, 5.41) is 9.08. The molecule has 0 heterocycles. The van der Waals surface area contributed by atoms with Gasteiger partial charge in [0.25, 0.3) is 0 Å². The molecule has 0 spiro atoms. The zero-order valence-corrected chi connectivity index (χ0v) is 16.2. The Morgan fingerprint density at radius 2 is 1.28 bits per heavy atom. The van der Waals surface area contributed by atoms with Crippen LogP contribution in [0, 0.1) is 0 Å². The number of aliphatic hydroxyl groups excluding tert-OH is 1. The molecular weight excluding hydrogens is 327 g/mol. The van der Waals surface area contributed by atoms with E-state index >= 15 is 0 Å². The first-order valence-corrected chi connectivity index (χ1v) is 12.1. The number of hydrogen-bond acceptors (Lipinski definition) is 1. The molecule has 0 aromatic heterocycles. The van der Waals surface area contributed by atoms with Gasteiger partial charge in [-0.3, -0.25) is 0 Å². The molecule has 0 aliphatic heterocycles. The van der Waals surface area contributed by atoms with E-state index in [1.807, 2.05) is 6.92 Å². The molecule has 0 aromatic carbocycles. The standard InChI is InChI=1S/C8H18O.2C4H9.Sn/c1-3-5-6-7-8(9)4-2;2*1-3-4-2;/h8-9H,3-7H2,1-2H3;2*1,3-4H2,2H3;. The second-order valence-corrected chi connectivity index (χ2v) is 9.30. The Bertz CT molecular complexity index is 122. The first kappa shape index (κ1) is 21.1. The van der Waals surface area contributed by atoms with Gasteiger partial charge in [-0.05, 0) is 12.8 Å². The van der Waals surface area contributed by atoms with Crippen LogP contribution in [0.15, 0.2) is 0 Å².